The molecule has 0 fully saturated rings. The number of anilines is 1. The van der Waals surface area contributed by atoms with E-state index in [2.05, 4.69) is 15.9 Å². The molecule has 1 heterocycles. The molecule has 4 aromatic rings. The lowest BCUT2D eigenvalue weighted by Crippen LogP contribution is -2.53. The molecule has 182 valence electrons. The van der Waals surface area contributed by atoms with Crippen molar-refractivity contribution in [1.29, 1.82) is 0 Å². The summed E-state index contributed by atoms with van der Waals surface area (Å²) in [7, 11) is 1.37. The van der Waals surface area contributed by atoms with Crippen LogP contribution in [0.2, 0.25) is 0 Å². The number of para-hydroxylation sites is 1. The quantitative estimate of drug-likeness (QED) is 0.199. The van der Waals surface area contributed by atoms with Crippen LogP contribution >= 0.6 is 15.9 Å². The number of benzene rings is 4. The molecule has 6 nitrogen and oxygen atoms in total. The van der Waals surface area contributed by atoms with Gasteiger partial charge in [-0.2, -0.15) is 15.3 Å². The third-order valence-electron chi connectivity index (χ3n) is 5.96. The lowest BCUT2D eigenvalue weighted by molar-refractivity contribution is -0.142. The van der Waals surface area contributed by atoms with Gasteiger partial charge >= 0.3 is 5.97 Å². The van der Waals surface area contributed by atoms with E-state index in [1.54, 1.807) is 11.3 Å². The maximum absolute atomic E-state index is 13.9. The molecule has 0 radical (unpaired) electrons. The third-order valence-corrected chi connectivity index (χ3v) is 6.49. The van der Waals surface area contributed by atoms with Crippen molar-refractivity contribution >= 4 is 50.9 Å². The van der Waals surface area contributed by atoms with Crippen LogP contribution in [0.3, 0.4) is 0 Å². The molecule has 0 aromatic heterocycles. The number of hydrogen-bond donors (Lipinski definition) is 0. The van der Waals surface area contributed by atoms with Gasteiger partial charge in [-0.1, -0.05) is 94.8 Å². The Labute approximate surface area is 223 Å². The van der Waals surface area contributed by atoms with E-state index in [1.807, 2.05) is 115 Å². The van der Waals surface area contributed by atoms with Crippen LogP contribution in [0, 0.1) is 5.41 Å². The first-order valence-electron chi connectivity index (χ1n) is 11.7. The van der Waals surface area contributed by atoms with Gasteiger partial charge in [0.05, 0.1) is 29.9 Å². The van der Waals surface area contributed by atoms with Crippen LogP contribution in [-0.4, -0.2) is 30.7 Å². The largest absolute Gasteiger partial charge is 0.468 e. The van der Waals surface area contributed by atoms with E-state index in [9.17, 15) is 4.79 Å². The molecule has 0 bridgehead atoms. The molecule has 0 spiro atoms. The van der Waals surface area contributed by atoms with Gasteiger partial charge in [-0.3, -0.25) is 9.79 Å². The molecule has 0 unspecified atom stereocenters. The second-order valence-electron chi connectivity index (χ2n) is 8.29. The van der Waals surface area contributed by atoms with Gasteiger partial charge in [-0.15, -0.1) is 0 Å². The molecular weight excluding hydrogens is 528 g/mol. The molecule has 37 heavy (non-hydrogen) atoms. The van der Waals surface area contributed by atoms with E-state index in [-0.39, 0.29) is 0 Å². The number of methoxy groups -OCH3 is 1. The Morgan fingerprint density at radius 3 is 1.76 bits per heavy atom. The van der Waals surface area contributed by atoms with Crippen LogP contribution in [0.25, 0.3) is 0 Å². The number of esters is 1. The molecule has 0 saturated heterocycles. The van der Waals surface area contributed by atoms with Gasteiger partial charge in [0.2, 0.25) is 0 Å². The molecule has 1 aliphatic heterocycles. The Morgan fingerprint density at radius 1 is 0.784 bits per heavy atom. The molecule has 0 N–H and O–H groups in total. The number of rotatable bonds is 6. The lowest BCUT2D eigenvalue weighted by atomic mass is 9.73. The zero-order valence-electron chi connectivity index (χ0n) is 20.0. The molecular formula is C30H23BrN4O2. The van der Waals surface area contributed by atoms with Crippen LogP contribution in [0.4, 0.5) is 11.4 Å². The maximum Gasteiger partial charge on any atom is 0.329 e. The minimum Gasteiger partial charge on any atom is -0.468 e. The van der Waals surface area contributed by atoms with E-state index in [0.29, 0.717) is 17.1 Å². The highest BCUT2D eigenvalue weighted by molar-refractivity contribution is 9.10. The summed E-state index contributed by atoms with van der Waals surface area (Å²) >= 11 is 3.49. The van der Waals surface area contributed by atoms with Crippen molar-refractivity contribution in [3.8, 4) is 0 Å². The van der Waals surface area contributed by atoms with E-state index in [0.717, 1.165) is 21.3 Å². The van der Waals surface area contributed by atoms with E-state index in [1.165, 1.54) is 7.11 Å². The standard InChI is InChI=1S/C30H23BrN4O2/c1-37-29(36)30(21-32-25-15-9-4-10-16-25)27(22-11-5-2-6-12-22)33-35(26-19-17-24(31)18-20-26)34-28(30)23-13-7-3-8-14-23/h2-21H,1H3. The molecule has 4 aromatic carbocycles. The average molecular weight is 551 g/mol. The van der Waals surface area contributed by atoms with Gasteiger partial charge in [0.25, 0.3) is 0 Å². The molecule has 0 aliphatic carbocycles. The SMILES string of the molecule is COC(=O)C1(C=Nc2ccccc2)C(c2ccccc2)=NN(c2ccc(Br)cc2)N=C1c1ccccc1. The highest BCUT2D eigenvalue weighted by Crippen LogP contribution is 2.36. The third kappa shape index (κ3) is 4.86. The smallest absolute Gasteiger partial charge is 0.329 e. The fourth-order valence-electron chi connectivity index (χ4n) is 4.15. The van der Waals surface area contributed by atoms with Gasteiger partial charge in [0, 0.05) is 10.7 Å². The summed E-state index contributed by atoms with van der Waals surface area (Å²) in [5.74, 6) is -0.534. The predicted octanol–water partition coefficient (Wildman–Crippen LogP) is 6.64. The summed E-state index contributed by atoms with van der Waals surface area (Å²) in [6, 6.07) is 36.3. The first-order chi connectivity index (χ1) is 18.1. The van der Waals surface area contributed by atoms with Crippen molar-refractivity contribution in [1.82, 2.24) is 0 Å². The summed E-state index contributed by atoms with van der Waals surface area (Å²) in [5.41, 5.74) is 2.33. The molecule has 5 rings (SSSR count). The molecule has 1 aliphatic rings. The topological polar surface area (TPSA) is 66.6 Å². The number of halogens is 1. The first kappa shape index (κ1) is 24.3. The number of aliphatic imine (C=N–C) groups is 1. The van der Waals surface area contributed by atoms with Gasteiger partial charge in [0.1, 0.15) is 0 Å². The number of nitrogens with zero attached hydrogens (tertiary/aromatic N) is 4. The number of ether oxygens (including phenoxy) is 1. The Morgan fingerprint density at radius 2 is 1.27 bits per heavy atom. The summed E-state index contributed by atoms with van der Waals surface area (Å²) in [6.07, 6.45) is 1.60. The lowest BCUT2D eigenvalue weighted by Gasteiger charge is -2.35. The first-order valence-corrected chi connectivity index (χ1v) is 12.4. The molecule has 0 saturated carbocycles. The van der Waals surface area contributed by atoms with E-state index < -0.39 is 11.4 Å². The minimum absolute atomic E-state index is 0.455. The molecule has 0 atom stereocenters. The zero-order valence-corrected chi connectivity index (χ0v) is 21.6. The fraction of sp³-hybridized carbons (Fsp3) is 0.0667. The van der Waals surface area contributed by atoms with Crippen LogP contribution in [0.5, 0.6) is 0 Å². The van der Waals surface area contributed by atoms with Crippen LogP contribution in [0.1, 0.15) is 11.1 Å². The average Bonchev–Trinajstić information content (AvgIpc) is 2.97. The molecule has 7 heteroatoms. The van der Waals surface area contributed by atoms with Crippen molar-refractivity contribution in [2.45, 2.75) is 0 Å². The highest BCUT2D eigenvalue weighted by atomic mass is 79.9. The zero-order chi connectivity index (χ0) is 25.7. The second-order valence-corrected chi connectivity index (χ2v) is 9.20. The van der Waals surface area contributed by atoms with Gasteiger partial charge < -0.3 is 4.74 Å². The summed E-state index contributed by atoms with van der Waals surface area (Å²) in [6.45, 7) is 0. The normalized spacial score (nSPS) is 14.7. The fourth-order valence-corrected chi connectivity index (χ4v) is 4.41. The summed E-state index contributed by atoms with van der Waals surface area (Å²) in [4.78, 5) is 18.6. The van der Waals surface area contributed by atoms with Crippen LogP contribution in [-0.2, 0) is 9.53 Å². The van der Waals surface area contributed by atoms with Crippen molar-refractivity contribution in [3.63, 3.8) is 0 Å². The van der Waals surface area contributed by atoms with Crippen LogP contribution in [0.15, 0.2) is 135 Å². The van der Waals surface area contributed by atoms with Crippen molar-refractivity contribution in [2.75, 3.05) is 12.2 Å². The Balaban J connectivity index is 1.81. The Bertz CT molecular complexity index is 1410. The monoisotopic (exact) mass is 550 g/mol. The number of hydrazone groups is 2. The molecule has 0 amide bonds. The van der Waals surface area contributed by atoms with Gasteiger partial charge in [-0.05, 0) is 47.5 Å². The maximum atomic E-state index is 13.9. The second kappa shape index (κ2) is 10.7. The summed E-state index contributed by atoms with van der Waals surface area (Å²) in [5, 5.41) is 11.4. The van der Waals surface area contributed by atoms with Crippen molar-refractivity contribution < 1.29 is 9.53 Å². The highest BCUT2D eigenvalue weighted by Gasteiger charge is 2.52. The Kier molecular flexibility index (Phi) is 7.05. The predicted molar refractivity (Wildman–Crippen MR) is 152 cm³/mol. The van der Waals surface area contributed by atoms with E-state index >= 15 is 0 Å². The van der Waals surface area contributed by atoms with Crippen molar-refractivity contribution in [2.24, 2.45) is 20.6 Å². The summed E-state index contributed by atoms with van der Waals surface area (Å²) < 4.78 is 6.36. The Hall–Kier alpha value is -4.36. The number of hydrogen-bond acceptors (Lipinski definition) is 6. The van der Waals surface area contributed by atoms with Gasteiger partial charge in [-0.25, -0.2) is 0 Å². The van der Waals surface area contributed by atoms with Crippen molar-refractivity contribution in [3.05, 3.63) is 131 Å². The number of carbonyl (C=O) groups excluding carboxylic acids is 1. The number of carbonyl (C=O) groups is 1. The minimum atomic E-state index is -1.51. The van der Waals surface area contributed by atoms with Crippen LogP contribution < -0.4 is 5.12 Å². The van der Waals surface area contributed by atoms with Gasteiger partial charge in [0.15, 0.2) is 5.41 Å². The van der Waals surface area contributed by atoms with E-state index in [4.69, 9.17) is 19.9 Å².